The van der Waals surface area contributed by atoms with E-state index in [4.69, 9.17) is 11.7 Å². The maximum atomic E-state index is 10.3. The first kappa shape index (κ1) is 13.7. The number of rotatable bonds is 2. The van der Waals surface area contributed by atoms with E-state index in [2.05, 4.69) is 10.2 Å². The van der Waals surface area contributed by atoms with E-state index in [1.54, 1.807) is 6.92 Å². The molecule has 0 saturated heterocycles. The van der Waals surface area contributed by atoms with Crippen molar-refractivity contribution in [2.45, 2.75) is 13.8 Å². The van der Waals surface area contributed by atoms with Crippen molar-refractivity contribution in [1.82, 2.24) is 10.4 Å². The van der Waals surface area contributed by atoms with Gasteiger partial charge in [0, 0.05) is 13.1 Å². The second kappa shape index (κ2) is 10.2. The lowest BCUT2D eigenvalue weighted by atomic mass is 10.7. The summed E-state index contributed by atoms with van der Waals surface area (Å²) in [5.41, 5.74) is 2.43. The standard InChI is InChI=1S/C4H10N2O2.C2H8N2/c1-3-6(5)4(7)8-2;1-2-4-3/h3,5H2,1-2H3;4H,2-3H2,1H3. The average Bonchev–Trinajstić information content (AvgIpc) is 2.15. The summed E-state index contributed by atoms with van der Waals surface area (Å²) in [5.74, 6) is 9.86. The summed E-state index contributed by atoms with van der Waals surface area (Å²) >= 11 is 0. The Kier molecular flexibility index (Phi) is 11.6. The fraction of sp³-hybridized carbons (Fsp3) is 0.833. The van der Waals surface area contributed by atoms with Gasteiger partial charge in [-0.1, -0.05) is 6.92 Å². The summed E-state index contributed by atoms with van der Waals surface area (Å²) < 4.78 is 4.26. The number of hydrazine groups is 2. The van der Waals surface area contributed by atoms with Gasteiger partial charge in [-0.15, -0.1) is 0 Å². The number of nitrogens with zero attached hydrogens (tertiary/aromatic N) is 1. The molecule has 12 heavy (non-hydrogen) atoms. The number of amides is 1. The van der Waals surface area contributed by atoms with E-state index in [1.807, 2.05) is 6.92 Å². The molecular weight excluding hydrogens is 160 g/mol. The van der Waals surface area contributed by atoms with Crippen LogP contribution in [0.15, 0.2) is 0 Å². The molecule has 1 amide bonds. The van der Waals surface area contributed by atoms with Gasteiger partial charge in [0.15, 0.2) is 0 Å². The van der Waals surface area contributed by atoms with Gasteiger partial charge in [0.2, 0.25) is 0 Å². The van der Waals surface area contributed by atoms with Crippen molar-refractivity contribution in [1.29, 1.82) is 0 Å². The maximum absolute atomic E-state index is 10.3. The van der Waals surface area contributed by atoms with Crippen LogP contribution in [0.5, 0.6) is 0 Å². The van der Waals surface area contributed by atoms with E-state index in [0.29, 0.717) is 6.54 Å². The van der Waals surface area contributed by atoms with Crippen LogP contribution in [-0.4, -0.2) is 31.3 Å². The van der Waals surface area contributed by atoms with Crippen LogP contribution in [0, 0.1) is 0 Å². The van der Waals surface area contributed by atoms with E-state index in [1.165, 1.54) is 7.11 Å². The predicted molar refractivity (Wildman–Crippen MR) is 46.8 cm³/mol. The largest absolute Gasteiger partial charge is 0.452 e. The predicted octanol–water partition coefficient (Wildman–Crippen LogP) is -0.582. The third-order valence-electron chi connectivity index (χ3n) is 0.954. The Labute approximate surface area is 72.8 Å². The Morgan fingerprint density at radius 3 is 2.08 bits per heavy atom. The topological polar surface area (TPSA) is 93.6 Å². The zero-order valence-corrected chi connectivity index (χ0v) is 7.83. The van der Waals surface area contributed by atoms with Gasteiger partial charge in [0.25, 0.3) is 0 Å². The van der Waals surface area contributed by atoms with Crippen LogP contribution < -0.4 is 17.1 Å². The van der Waals surface area contributed by atoms with E-state index < -0.39 is 6.09 Å². The number of methoxy groups -OCH3 is 1. The quantitative estimate of drug-likeness (QED) is 0.299. The Bertz CT molecular complexity index is 108. The van der Waals surface area contributed by atoms with Gasteiger partial charge in [-0.2, -0.15) is 0 Å². The monoisotopic (exact) mass is 178 g/mol. The van der Waals surface area contributed by atoms with Crippen molar-refractivity contribution >= 4 is 6.09 Å². The highest BCUT2D eigenvalue weighted by atomic mass is 16.5. The van der Waals surface area contributed by atoms with Crippen LogP contribution in [0.25, 0.3) is 0 Å². The van der Waals surface area contributed by atoms with Gasteiger partial charge >= 0.3 is 6.09 Å². The molecule has 0 aliphatic rings. The molecule has 0 aromatic heterocycles. The van der Waals surface area contributed by atoms with Crippen molar-refractivity contribution in [3.63, 3.8) is 0 Å². The van der Waals surface area contributed by atoms with Crippen molar-refractivity contribution in [3.05, 3.63) is 0 Å². The zero-order valence-electron chi connectivity index (χ0n) is 7.83. The molecule has 0 saturated carbocycles. The minimum atomic E-state index is -0.507. The molecule has 0 spiro atoms. The average molecular weight is 178 g/mol. The van der Waals surface area contributed by atoms with E-state index in [-0.39, 0.29) is 0 Å². The molecule has 0 atom stereocenters. The summed E-state index contributed by atoms with van der Waals surface area (Å²) in [6.45, 7) is 5.02. The van der Waals surface area contributed by atoms with Crippen molar-refractivity contribution in [2.24, 2.45) is 11.7 Å². The molecule has 0 aliphatic carbocycles. The van der Waals surface area contributed by atoms with Crippen molar-refractivity contribution in [2.75, 3.05) is 20.2 Å². The van der Waals surface area contributed by atoms with E-state index >= 15 is 0 Å². The molecule has 0 radical (unpaired) electrons. The number of nitrogens with one attached hydrogen (secondary N) is 1. The molecule has 0 heterocycles. The number of carbonyl (C=O) groups excluding carboxylic acids is 1. The molecule has 5 N–H and O–H groups in total. The summed E-state index contributed by atoms with van der Waals surface area (Å²) in [6, 6.07) is 0. The molecule has 0 bridgehead atoms. The maximum Gasteiger partial charge on any atom is 0.423 e. The Balaban J connectivity index is 0. The van der Waals surface area contributed by atoms with Crippen LogP contribution in [0.1, 0.15) is 13.8 Å². The minimum Gasteiger partial charge on any atom is -0.452 e. The lowest BCUT2D eigenvalue weighted by molar-refractivity contribution is 0.126. The molecule has 6 nitrogen and oxygen atoms in total. The first-order chi connectivity index (χ1) is 5.63. The second-order valence-electron chi connectivity index (χ2n) is 1.81. The molecular formula is C6H18N4O2. The normalized spacial score (nSPS) is 8.08. The number of nitrogens with two attached hydrogens (primary N) is 2. The third kappa shape index (κ3) is 9.15. The van der Waals surface area contributed by atoms with Gasteiger partial charge in [-0.25, -0.2) is 15.6 Å². The summed E-state index contributed by atoms with van der Waals surface area (Å²) in [7, 11) is 1.29. The summed E-state index contributed by atoms with van der Waals surface area (Å²) in [5, 5.41) is 0.986. The first-order valence-corrected chi connectivity index (χ1v) is 3.67. The highest BCUT2D eigenvalue weighted by molar-refractivity contribution is 5.66. The second-order valence-corrected chi connectivity index (χ2v) is 1.81. The highest BCUT2D eigenvalue weighted by Gasteiger charge is 2.02. The first-order valence-electron chi connectivity index (χ1n) is 3.67. The lowest BCUT2D eigenvalue weighted by Gasteiger charge is -2.10. The van der Waals surface area contributed by atoms with Gasteiger partial charge in [-0.3, -0.25) is 11.3 Å². The Hall–Kier alpha value is -0.850. The summed E-state index contributed by atoms with van der Waals surface area (Å²) in [4.78, 5) is 10.3. The fourth-order valence-electron chi connectivity index (χ4n) is 0.246. The molecule has 0 fully saturated rings. The number of hydrogen-bond acceptors (Lipinski definition) is 5. The van der Waals surface area contributed by atoms with E-state index in [9.17, 15) is 4.79 Å². The summed E-state index contributed by atoms with van der Waals surface area (Å²) in [6.07, 6.45) is -0.507. The van der Waals surface area contributed by atoms with E-state index in [0.717, 1.165) is 11.6 Å². The van der Waals surface area contributed by atoms with Gasteiger partial charge in [-0.05, 0) is 6.92 Å². The molecule has 6 heteroatoms. The fourth-order valence-corrected chi connectivity index (χ4v) is 0.246. The Morgan fingerprint density at radius 2 is 2.00 bits per heavy atom. The van der Waals surface area contributed by atoms with Crippen molar-refractivity contribution in [3.8, 4) is 0 Å². The SMILES string of the molecule is CCN(N)C(=O)OC.CCNN. The number of carbonyl (C=O) groups is 1. The highest BCUT2D eigenvalue weighted by Crippen LogP contribution is 1.80. The Morgan fingerprint density at radius 1 is 1.58 bits per heavy atom. The number of ether oxygens (including phenoxy) is 1. The molecule has 74 valence electrons. The van der Waals surface area contributed by atoms with Crippen LogP contribution in [0.2, 0.25) is 0 Å². The molecule has 0 aromatic rings. The molecule has 0 aromatic carbocycles. The smallest absolute Gasteiger partial charge is 0.423 e. The molecule has 0 aliphatic heterocycles. The van der Waals surface area contributed by atoms with Crippen LogP contribution in [0.3, 0.4) is 0 Å². The van der Waals surface area contributed by atoms with Gasteiger partial charge in [0.05, 0.1) is 7.11 Å². The zero-order chi connectivity index (χ0) is 9.98. The van der Waals surface area contributed by atoms with Gasteiger partial charge < -0.3 is 4.74 Å². The number of hydrogen-bond donors (Lipinski definition) is 3. The lowest BCUT2D eigenvalue weighted by Crippen LogP contribution is -2.36. The molecule has 0 rings (SSSR count). The third-order valence-corrected chi connectivity index (χ3v) is 0.954. The van der Waals surface area contributed by atoms with Crippen molar-refractivity contribution < 1.29 is 9.53 Å². The molecule has 0 unspecified atom stereocenters. The minimum absolute atomic E-state index is 0.465. The van der Waals surface area contributed by atoms with Crippen LogP contribution in [-0.2, 0) is 4.74 Å². The van der Waals surface area contributed by atoms with Crippen LogP contribution in [0.4, 0.5) is 4.79 Å². The van der Waals surface area contributed by atoms with Crippen LogP contribution >= 0.6 is 0 Å². The van der Waals surface area contributed by atoms with Gasteiger partial charge in [0.1, 0.15) is 0 Å².